The minimum absolute atomic E-state index is 0.0647. The molecule has 0 spiro atoms. The number of carbonyl (C=O) groups is 2. The molecule has 2 N–H and O–H groups in total. The molecule has 0 fully saturated rings. The highest BCUT2D eigenvalue weighted by Crippen LogP contribution is 2.31. The topological polar surface area (TPSA) is 110 Å². The fourth-order valence-corrected chi connectivity index (χ4v) is 4.41. The van der Waals surface area contributed by atoms with E-state index in [1.807, 2.05) is 0 Å². The van der Waals surface area contributed by atoms with Gasteiger partial charge in [-0.2, -0.15) is 18.3 Å². The fraction of sp³-hybridized carbons (Fsp3) is 0.227. The predicted molar refractivity (Wildman–Crippen MR) is 118 cm³/mol. The van der Waals surface area contributed by atoms with Crippen molar-refractivity contribution < 1.29 is 31.2 Å². The first-order chi connectivity index (χ1) is 15.8. The monoisotopic (exact) mass is 494 g/mol. The molecule has 0 unspecified atom stereocenters. The predicted octanol–water partition coefficient (Wildman–Crippen LogP) is 3.55. The summed E-state index contributed by atoms with van der Waals surface area (Å²) in [5, 5.41) is 6.51. The maximum absolute atomic E-state index is 13.1. The molecule has 0 aliphatic carbocycles. The molecule has 8 nitrogen and oxygen atoms in total. The number of carbonyl (C=O) groups excluding carboxylic acids is 2. The molecular formula is C22H21F3N4O4S. The van der Waals surface area contributed by atoms with Gasteiger partial charge in [-0.1, -0.05) is 12.1 Å². The first kappa shape index (κ1) is 25.1. The molecule has 0 atom stereocenters. The van der Waals surface area contributed by atoms with Gasteiger partial charge >= 0.3 is 6.18 Å². The molecule has 12 heteroatoms. The molecule has 2 aromatic carbocycles. The highest BCUT2D eigenvalue weighted by Gasteiger charge is 2.31. The second-order valence-electron chi connectivity index (χ2n) is 7.48. The molecule has 0 saturated heterocycles. The Morgan fingerprint density at radius 1 is 1.03 bits per heavy atom. The summed E-state index contributed by atoms with van der Waals surface area (Å²) in [6, 6.07) is 8.57. The largest absolute Gasteiger partial charge is 0.416 e. The summed E-state index contributed by atoms with van der Waals surface area (Å²) in [5.41, 5.74) is -0.0156. The van der Waals surface area contributed by atoms with Crippen LogP contribution in [0.15, 0.2) is 47.4 Å². The van der Waals surface area contributed by atoms with E-state index in [0.717, 1.165) is 16.8 Å². The molecule has 1 heterocycles. The van der Waals surface area contributed by atoms with Crippen LogP contribution in [-0.4, -0.2) is 36.9 Å². The van der Waals surface area contributed by atoms with Gasteiger partial charge in [-0.05, 0) is 63.7 Å². The molecule has 0 aliphatic rings. The Hall–Kier alpha value is -3.51. The Kier molecular flexibility index (Phi) is 6.67. The summed E-state index contributed by atoms with van der Waals surface area (Å²) in [6.07, 6.45) is -4.56. The van der Waals surface area contributed by atoms with Crippen LogP contribution < -0.4 is 10.0 Å². The van der Waals surface area contributed by atoms with E-state index in [-0.39, 0.29) is 33.2 Å². The number of sulfonamides is 1. The lowest BCUT2D eigenvalue weighted by molar-refractivity contribution is -0.137. The van der Waals surface area contributed by atoms with E-state index in [9.17, 15) is 31.2 Å². The van der Waals surface area contributed by atoms with Gasteiger partial charge in [-0.15, -0.1) is 0 Å². The maximum Gasteiger partial charge on any atom is 0.416 e. The van der Waals surface area contributed by atoms with E-state index in [1.165, 1.54) is 51.2 Å². The van der Waals surface area contributed by atoms with Crippen molar-refractivity contribution in [2.75, 3.05) is 12.4 Å². The van der Waals surface area contributed by atoms with Crippen LogP contribution in [0.25, 0.3) is 5.69 Å². The SMILES string of the molecule is CNS(=O)(=O)c1cc(NC(=O)C(=O)c2c(C)nn(-c3cccc(C(F)(F)F)c3)c2C)ccc1C. The molecule has 3 rings (SSSR count). The number of hydrogen-bond acceptors (Lipinski definition) is 5. The van der Waals surface area contributed by atoms with E-state index in [4.69, 9.17) is 0 Å². The zero-order valence-corrected chi connectivity index (χ0v) is 19.4. The second kappa shape index (κ2) is 9.03. The van der Waals surface area contributed by atoms with Crippen molar-refractivity contribution in [3.8, 4) is 5.69 Å². The van der Waals surface area contributed by atoms with E-state index >= 15 is 0 Å². The van der Waals surface area contributed by atoms with Crippen molar-refractivity contribution in [3.05, 3.63) is 70.5 Å². The van der Waals surface area contributed by atoms with Gasteiger partial charge < -0.3 is 5.32 Å². The summed E-state index contributed by atoms with van der Waals surface area (Å²) in [5.74, 6) is -2.02. The smallest absolute Gasteiger partial charge is 0.319 e. The van der Waals surface area contributed by atoms with Crippen LogP contribution in [0.4, 0.5) is 18.9 Å². The molecule has 34 heavy (non-hydrogen) atoms. The van der Waals surface area contributed by atoms with Crippen LogP contribution in [0.3, 0.4) is 0 Å². The third-order valence-corrected chi connectivity index (χ3v) is 6.70. The lowest BCUT2D eigenvalue weighted by atomic mass is 10.1. The number of aryl methyl sites for hydroxylation is 2. The highest BCUT2D eigenvalue weighted by molar-refractivity contribution is 7.89. The summed E-state index contributed by atoms with van der Waals surface area (Å²) < 4.78 is 66.9. The van der Waals surface area contributed by atoms with E-state index < -0.39 is 33.5 Å². The van der Waals surface area contributed by atoms with Crippen LogP contribution >= 0.6 is 0 Å². The van der Waals surface area contributed by atoms with Crippen LogP contribution in [-0.2, 0) is 21.0 Å². The van der Waals surface area contributed by atoms with Crippen molar-refractivity contribution in [1.29, 1.82) is 0 Å². The summed E-state index contributed by atoms with van der Waals surface area (Å²) in [4.78, 5) is 25.5. The van der Waals surface area contributed by atoms with Crippen LogP contribution in [0.1, 0.15) is 32.9 Å². The standard InChI is InChI=1S/C22H21F3N4O4S/c1-12-8-9-16(11-18(12)34(32,33)26-4)27-21(31)20(30)19-13(2)28-29(14(19)3)17-7-5-6-15(10-17)22(23,24)25/h5-11,26H,1-4H3,(H,27,31). The lowest BCUT2D eigenvalue weighted by Crippen LogP contribution is -2.25. The second-order valence-corrected chi connectivity index (χ2v) is 9.33. The zero-order valence-electron chi connectivity index (χ0n) is 18.6. The van der Waals surface area contributed by atoms with Gasteiger partial charge in [0.15, 0.2) is 0 Å². The Balaban J connectivity index is 1.93. The van der Waals surface area contributed by atoms with Gasteiger partial charge in [0.2, 0.25) is 10.0 Å². The van der Waals surface area contributed by atoms with Gasteiger partial charge in [0.05, 0.1) is 33.1 Å². The number of anilines is 1. The fourth-order valence-electron chi connectivity index (χ4n) is 3.42. The number of nitrogens with zero attached hydrogens (tertiary/aromatic N) is 2. The molecule has 0 saturated carbocycles. The number of aromatic nitrogens is 2. The van der Waals surface area contributed by atoms with Gasteiger partial charge in [0.25, 0.3) is 11.7 Å². The minimum atomic E-state index is -4.56. The van der Waals surface area contributed by atoms with Crippen LogP contribution in [0, 0.1) is 20.8 Å². The van der Waals surface area contributed by atoms with Crippen LogP contribution in [0.2, 0.25) is 0 Å². The number of rotatable bonds is 6. The molecule has 0 radical (unpaired) electrons. The maximum atomic E-state index is 13.1. The van der Waals surface area contributed by atoms with Crippen molar-refractivity contribution in [2.45, 2.75) is 31.8 Å². The molecular weight excluding hydrogens is 473 g/mol. The normalized spacial score (nSPS) is 12.0. The molecule has 180 valence electrons. The van der Waals surface area contributed by atoms with Crippen molar-refractivity contribution >= 4 is 27.4 Å². The van der Waals surface area contributed by atoms with Crippen LogP contribution in [0.5, 0.6) is 0 Å². The van der Waals surface area contributed by atoms with E-state index in [0.29, 0.717) is 5.56 Å². The zero-order chi connectivity index (χ0) is 25.4. The first-order valence-electron chi connectivity index (χ1n) is 9.90. The summed E-state index contributed by atoms with van der Waals surface area (Å²) in [7, 11) is -2.55. The summed E-state index contributed by atoms with van der Waals surface area (Å²) >= 11 is 0. The Bertz CT molecular complexity index is 1400. The number of alkyl halides is 3. The van der Waals surface area contributed by atoms with Gasteiger partial charge in [-0.25, -0.2) is 17.8 Å². The average molecular weight is 494 g/mol. The molecule has 0 aliphatic heterocycles. The minimum Gasteiger partial charge on any atom is -0.319 e. The number of halogens is 3. The summed E-state index contributed by atoms with van der Waals surface area (Å²) in [6.45, 7) is 4.50. The Labute approximate surface area is 193 Å². The van der Waals surface area contributed by atoms with Crippen molar-refractivity contribution in [3.63, 3.8) is 0 Å². The number of ketones is 1. The molecule has 0 bridgehead atoms. The Morgan fingerprint density at radius 2 is 1.71 bits per heavy atom. The first-order valence-corrected chi connectivity index (χ1v) is 11.4. The third kappa shape index (κ3) is 4.87. The molecule has 1 amide bonds. The number of hydrogen-bond donors (Lipinski definition) is 2. The van der Waals surface area contributed by atoms with E-state index in [2.05, 4.69) is 15.1 Å². The number of nitrogens with one attached hydrogen (secondary N) is 2. The average Bonchev–Trinajstić information content (AvgIpc) is 3.07. The number of amides is 1. The van der Waals surface area contributed by atoms with Gasteiger partial charge in [0.1, 0.15) is 0 Å². The van der Waals surface area contributed by atoms with Crippen molar-refractivity contribution in [1.82, 2.24) is 14.5 Å². The number of Topliss-reactive ketones (excluding diaryl/α,β-unsaturated/α-hetero) is 1. The molecule has 3 aromatic rings. The Morgan fingerprint density at radius 3 is 2.32 bits per heavy atom. The van der Waals surface area contributed by atoms with Crippen molar-refractivity contribution in [2.24, 2.45) is 0 Å². The van der Waals surface area contributed by atoms with Gasteiger partial charge in [-0.3, -0.25) is 9.59 Å². The lowest BCUT2D eigenvalue weighted by Gasteiger charge is -2.11. The van der Waals surface area contributed by atoms with Gasteiger partial charge in [0, 0.05) is 5.69 Å². The quantitative estimate of drug-likeness (QED) is 0.402. The van der Waals surface area contributed by atoms with E-state index in [1.54, 1.807) is 6.92 Å². The number of benzene rings is 2. The molecule has 1 aromatic heterocycles. The third-order valence-electron chi connectivity index (χ3n) is 5.15. The highest BCUT2D eigenvalue weighted by atomic mass is 32.2.